The maximum absolute atomic E-state index is 10.4. The molecule has 1 rings (SSSR count). The third-order valence-corrected chi connectivity index (χ3v) is 2.05. The molecule has 0 radical (unpaired) electrons. The minimum atomic E-state index is 0.0121. The van der Waals surface area contributed by atoms with Crippen molar-refractivity contribution in [3.8, 4) is 0 Å². The first-order valence-corrected chi connectivity index (χ1v) is 3.86. The fourth-order valence-electron chi connectivity index (χ4n) is 0.986. The van der Waals surface area contributed by atoms with E-state index in [1.165, 1.54) is 0 Å². The minimum absolute atomic E-state index is 0.0121. The standard InChI is InChI=1S/C5H10NOPS/c7-5(9)1-4-2-6(8)3-4/h4H,1-3,8H2,(H,7,9). The molecule has 0 aliphatic carbocycles. The van der Waals surface area contributed by atoms with Gasteiger partial charge in [-0.05, 0) is 5.92 Å². The number of carbonyl (C=O) groups excluding carboxylic acids is 1. The molecule has 1 saturated heterocycles. The van der Waals surface area contributed by atoms with Crippen molar-refractivity contribution >= 4 is 27.1 Å². The van der Waals surface area contributed by atoms with Crippen LogP contribution < -0.4 is 0 Å². The second kappa shape index (κ2) is 3.00. The molecule has 0 amide bonds. The molecule has 4 heteroatoms. The molecular weight excluding hydrogens is 153 g/mol. The zero-order chi connectivity index (χ0) is 6.85. The zero-order valence-electron chi connectivity index (χ0n) is 5.08. The minimum Gasteiger partial charge on any atom is -0.287 e. The van der Waals surface area contributed by atoms with Gasteiger partial charge in [0.1, 0.15) is 0 Å². The molecule has 2 nitrogen and oxygen atoms in total. The Hall–Kier alpha value is 0.410. The molecule has 9 heavy (non-hydrogen) atoms. The van der Waals surface area contributed by atoms with Crippen molar-refractivity contribution in [2.45, 2.75) is 6.42 Å². The Morgan fingerprint density at radius 1 is 1.78 bits per heavy atom. The summed E-state index contributed by atoms with van der Waals surface area (Å²) in [5.74, 6) is 0.562. The van der Waals surface area contributed by atoms with Crippen molar-refractivity contribution in [2.75, 3.05) is 13.1 Å². The quantitative estimate of drug-likeness (QED) is 0.474. The number of hydrogen-bond donors (Lipinski definition) is 1. The summed E-state index contributed by atoms with van der Waals surface area (Å²) in [6, 6.07) is 0. The van der Waals surface area contributed by atoms with Crippen molar-refractivity contribution in [3.63, 3.8) is 0 Å². The molecule has 0 N–H and O–H groups in total. The van der Waals surface area contributed by atoms with Crippen molar-refractivity contribution in [2.24, 2.45) is 5.92 Å². The second-order valence-corrected chi connectivity index (χ2v) is 3.65. The van der Waals surface area contributed by atoms with E-state index >= 15 is 0 Å². The van der Waals surface area contributed by atoms with Crippen LogP contribution in [0.5, 0.6) is 0 Å². The highest BCUT2D eigenvalue weighted by molar-refractivity contribution is 7.96. The molecule has 0 bridgehead atoms. The van der Waals surface area contributed by atoms with Crippen molar-refractivity contribution in [1.82, 2.24) is 4.67 Å². The van der Waals surface area contributed by atoms with Gasteiger partial charge < -0.3 is 0 Å². The molecule has 1 aliphatic heterocycles. The van der Waals surface area contributed by atoms with Gasteiger partial charge in [-0.25, -0.2) is 0 Å². The number of carbonyl (C=O) groups is 1. The summed E-state index contributed by atoms with van der Waals surface area (Å²) in [4.78, 5) is 10.4. The number of thiol groups is 1. The zero-order valence-corrected chi connectivity index (χ0v) is 7.13. The van der Waals surface area contributed by atoms with Gasteiger partial charge >= 0.3 is 0 Å². The van der Waals surface area contributed by atoms with Crippen LogP contribution in [0.2, 0.25) is 0 Å². The predicted molar refractivity (Wildman–Crippen MR) is 43.4 cm³/mol. The van der Waals surface area contributed by atoms with Gasteiger partial charge in [-0.15, -0.1) is 12.6 Å². The van der Waals surface area contributed by atoms with E-state index < -0.39 is 0 Å². The Morgan fingerprint density at radius 3 is 2.67 bits per heavy atom. The van der Waals surface area contributed by atoms with Crippen LogP contribution in [0.4, 0.5) is 0 Å². The smallest absolute Gasteiger partial charge is 0.186 e. The first-order chi connectivity index (χ1) is 4.18. The highest BCUT2D eigenvalue weighted by Crippen LogP contribution is 2.22. The molecule has 1 fully saturated rings. The van der Waals surface area contributed by atoms with E-state index in [2.05, 4.69) is 26.7 Å². The van der Waals surface area contributed by atoms with Crippen LogP contribution in [0.15, 0.2) is 0 Å². The highest BCUT2D eigenvalue weighted by Gasteiger charge is 2.24. The van der Waals surface area contributed by atoms with Crippen molar-refractivity contribution in [3.05, 3.63) is 0 Å². The van der Waals surface area contributed by atoms with E-state index in [-0.39, 0.29) is 5.12 Å². The lowest BCUT2D eigenvalue weighted by Gasteiger charge is -2.34. The van der Waals surface area contributed by atoms with Crippen LogP contribution in [0, 0.1) is 5.92 Å². The van der Waals surface area contributed by atoms with Crippen molar-refractivity contribution < 1.29 is 4.79 Å². The Labute approximate surface area is 62.7 Å². The van der Waals surface area contributed by atoms with E-state index in [0.717, 1.165) is 13.1 Å². The lowest BCUT2D eigenvalue weighted by atomic mass is 10.0. The predicted octanol–water partition coefficient (Wildman–Crippen LogP) is 0.555. The van der Waals surface area contributed by atoms with E-state index in [9.17, 15) is 4.79 Å². The van der Waals surface area contributed by atoms with Crippen LogP contribution in [0.25, 0.3) is 0 Å². The molecular formula is C5H10NOPS. The largest absolute Gasteiger partial charge is 0.287 e. The van der Waals surface area contributed by atoms with Gasteiger partial charge in [0.15, 0.2) is 5.12 Å². The first-order valence-electron chi connectivity index (χ1n) is 2.90. The van der Waals surface area contributed by atoms with Gasteiger partial charge in [0.25, 0.3) is 0 Å². The molecule has 1 unspecified atom stereocenters. The molecule has 1 heterocycles. The lowest BCUT2D eigenvalue weighted by Crippen LogP contribution is -2.40. The summed E-state index contributed by atoms with van der Waals surface area (Å²) in [6.07, 6.45) is 0.633. The molecule has 52 valence electrons. The lowest BCUT2D eigenvalue weighted by molar-refractivity contribution is -0.112. The van der Waals surface area contributed by atoms with Gasteiger partial charge in [-0.1, -0.05) is 9.39 Å². The fraction of sp³-hybridized carbons (Fsp3) is 0.800. The summed E-state index contributed by atoms with van der Waals surface area (Å²) in [6.45, 7) is 2.05. The SMILES string of the molecule is O=C(S)CC1CN(P)C1. The monoisotopic (exact) mass is 163 g/mol. The van der Waals surface area contributed by atoms with E-state index in [0.29, 0.717) is 12.3 Å². The number of nitrogens with zero attached hydrogens (tertiary/aromatic N) is 1. The highest BCUT2D eigenvalue weighted by atomic mass is 32.1. The van der Waals surface area contributed by atoms with Crippen molar-refractivity contribution in [1.29, 1.82) is 0 Å². The molecule has 0 spiro atoms. The molecule has 0 aromatic rings. The van der Waals surface area contributed by atoms with Crippen LogP contribution in [0.3, 0.4) is 0 Å². The summed E-state index contributed by atoms with van der Waals surface area (Å²) >= 11 is 3.69. The van der Waals surface area contributed by atoms with Gasteiger partial charge in [0.05, 0.1) is 0 Å². The normalized spacial score (nSPS) is 21.6. The Morgan fingerprint density at radius 2 is 2.33 bits per heavy atom. The van der Waals surface area contributed by atoms with Gasteiger partial charge in [-0.2, -0.15) is 0 Å². The van der Waals surface area contributed by atoms with Crippen LogP contribution >= 0.6 is 22.0 Å². The molecule has 1 atom stereocenters. The molecule has 0 aromatic heterocycles. The molecule has 0 aromatic carbocycles. The van der Waals surface area contributed by atoms with Crippen LogP contribution in [-0.4, -0.2) is 22.9 Å². The third-order valence-electron chi connectivity index (χ3n) is 1.45. The van der Waals surface area contributed by atoms with Gasteiger partial charge in [0.2, 0.25) is 0 Å². The number of rotatable bonds is 2. The summed E-state index contributed by atoms with van der Waals surface area (Å²) < 4.78 is 2.11. The Balaban J connectivity index is 2.11. The summed E-state index contributed by atoms with van der Waals surface area (Å²) in [7, 11) is 2.60. The summed E-state index contributed by atoms with van der Waals surface area (Å²) in [5.41, 5.74) is 0. The average molecular weight is 163 g/mol. The van der Waals surface area contributed by atoms with Gasteiger partial charge in [-0.3, -0.25) is 9.46 Å². The maximum Gasteiger partial charge on any atom is 0.186 e. The Kier molecular flexibility index (Phi) is 2.50. The molecule has 1 aliphatic rings. The second-order valence-electron chi connectivity index (χ2n) is 2.42. The maximum atomic E-state index is 10.4. The topological polar surface area (TPSA) is 20.3 Å². The fourth-order valence-corrected chi connectivity index (χ4v) is 1.84. The van der Waals surface area contributed by atoms with Crippen LogP contribution in [0.1, 0.15) is 6.42 Å². The van der Waals surface area contributed by atoms with Gasteiger partial charge in [0, 0.05) is 19.5 Å². The van der Waals surface area contributed by atoms with E-state index in [1.807, 2.05) is 0 Å². The average Bonchev–Trinajstić information content (AvgIpc) is 1.60. The molecule has 0 saturated carbocycles. The Bertz CT molecular complexity index is 124. The third kappa shape index (κ3) is 2.24. The van der Waals surface area contributed by atoms with E-state index in [4.69, 9.17) is 0 Å². The summed E-state index contributed by atoms with van der Waals surface area (Å²) in [5, 5.41) is 0.0121. The van der Waals surface area contributed by atoms with Crippen LogP contribution in [-0.2, 0) is 4.79 Å². The van der Waals surface area contributed by atoms with E-state index in [1.54, 1.807) is 0 Å². The number of hydrogen-bond acceptors (Lipinski definition) is 2. The first kappa shape index (κ1) is 7.52.